The summed E-state index contributed by atoms with van der Waals surface area (Å²) in [5.41, 5.74) is 3.13. The standard InChI is InChI=1S/C35H50FN3O3.C8H18/c1-3-5-7-11-29(12-8-6-4-2)42-34-15-9-13-30-31-25-38(22-10-14-33(41)27-16-18-28(36)19-17-27)23-20-32(31)39(35(30)34)24-21-37-26-40;1-3-5-7-8-6-4-2/h9,13,15-19,26,29,31-32H,3-8,10-12,14,20-25H2,1-2H3,(H,37,40);3-8H2,1-2H3. The highest BCUT2D eigenvalue weighted by Gasteiger charge is 2.43. The number of Topliss-reactive ketones (excluding diaryl/α,β-unsaturated/α-hetero) is 1. The number of carbonyl (C=O) groups is 2. The maximum absolute atomic E-state index is 13.2. The third-order valence-electron chi connectivity index (χ3n) is 10.4. The number of halogens is 1. The zero-order chi connectivity index (χ0) is 36.0. The lowest BCUT2D eigenvalue weighted by Crippen LogP contribution is -2.47. The molecule has 1 saturated heterocycles. The number of fused-ring (bicyclic) bond motifs is 3. The molecule has 2 aromatic rings. The van der Waals surface area contributed by atoms with Gasteiger partial charge in [-0.1, -0.05) is 104 Å². The number of nitrogens with one attached hydrogen (secondary N) is 1. The molecule has 2 aromatic carbocycles. The quantitative estimate of drug-likeness (QED) is 0.0674. The molecule has 0 radical (unpaired) electrons. The third kappa shape index (κ3) is 13.7. The monoisotopic (exact) mass is 694 g/mol. The van der Waals surface area contributed by atoms with Crippen LogP contribution >= 0.6 is 0 Å². The molecule has 0 aliphatic carbocycles. The lowest BCUT2D eigenvalue weighted by Gasteiger charge is -2.39. The summed E-state index contributed by atoms with van der Waals surface area (Å²) >= 11 is 0. The Hall–Kier alpha value is -2.93. The number of anilines is 1. The van der Waals surface area contributed by atoms with Crippen LogP contribution in [0.15, 0.2) is 42.5 Å². The Bertz CT molecular complexity index is 1210. The Morgan fingerprint density at radius 2 is 1.50 bits per heavy atom. The molecule has 4 rings (SSSR count). The number of para-hydroxylation sites is 1. The van der Waals surface area contributed by atoms with Crippen molar-refractivity contribution in [3.05, 3.63) is 59.4 Å². The van der Waals surface area contributed by atoms with E-state index in [-0.39, 0.29) is 17.7 Å². The second-order valence-corrected chi connectivity index (χ2v) is 14.4. The Kier molecular flexibility index (Phi) is 20.2. The molecule has 0 bridgehead atoms. The highest BCUT2D eigenvalue weighted by Crippen LogP contribution is 2.49. The SMILES string of the molecule is CCCCCC(CCCCC)Oc1cccc2c1N(CCNC=O)C1CCN(CCCC(=O)c3ccc(F)cc3)CC21.CCCCCCCC. The van der Waals surface area contributed by atoms with Crippen LogP contribution < -0.4 is 15.0 Å². The Labute approximate surface area is 303 Å². The van der Waals surface area contributed by atoms with E-state index in [4.69, 9.17) is 4.74 Å². The van der Waals surface area contributed by atoms with E-state index in [2.05, 4.69) is 61.0 Å². The summed E-state index contributed by atoms with van der Waals surface area (Å²) < 4.78 is 20.1. The maximum atomic E-state index is 13.2. The number of nitrogens with zero attached hydrogens (tertiary/aromatic N) is 2. The van der Waals surface area contributed by atoms with Gasteiger partial charge in [0, 0.05) is 50.1 Å². The van der Waals surface area contributed by atoms with Gasteiger partial charge in [-0.2, -0.15) is 0 Å². The molecule has 50 heavy (non-hydrogen) atoms. The molecule has 6 nitrogen and oxygen atoms in total. The average molecular weight is 694 g/mol. The number of hydrogen-bond donors (Lipinski definition) is 1. The topological polar surface area (TPSA) is 61.9 Å². The normalized spacial score (nSPS) is 16.8. The third-order valence-corrected chi connectivity index (χ3v) is 10.4. The molecule has 1 N–H and O–H groups in total. The van der Waals surface area contributed by atoms with Crippen molar-refractivity contribution in [3.8, 4) is 5.75 Å². The summed E-state index contributed by atoms with van der Waals surface area (Å²) in [7, 11) is 0. The van der Waals surface area contributed by atoms with Crippen molar-refractivity contribution in [2.45, 2.75) is 155 Å². The van der Waals surface area contributed by atoms with Crippen LogP contribution in [0.3, 0.4) is 0 Å². The van der Waals surface area contributed by atoms with Gasteiger partial charge in [0.2, 0.25) is 6.41 Å². The number of ether oxygens (including phenoxy) is 1. The van der Waals surface area contributed by atoms with Crippen LogP contribution in [0, 0.1) is 5.82 Å². The van der Waals surface area contributed by atoms with Crippen LogP contribution in [-0.2, 0) is 4.79 Å². The van der Waals surface area contributed by atoms with Gasteiger partial charge in [0.1, 0.15) is 11.6 Å². The Morgan fingerprint density at radius 3 is 2.12 bits per heavy atom. The fourth-order valence-electron chi connectivity index (χ4n) is 7.60. The average Bonchev–Trinajstić information content (AvgIpc) is 3.44. The van der Waals surface area contributed by atoms with Crippen LogP contribution in [0.1, 0.15) is 159 Å². The molecular weight excluding hydrogens is 625 g/mol. The van der Waals surface area contributed by atoms with E-state index in [9.17, 15) is 14.0 Å². The van der Waals surface area contributed by atoms with Gasteiger partial charge in [0.25, 0.3) is 0 Å². The van der Waals surface area contributed by atoms with E-state index in [1.165, 1.54) is 100 Å². The lowest BCUT2D eigenvalue weighted by molar-refractivity contribution is -0.109. The lowest BCUT2D eigenvalue weighted by atomic mass is 9.89. The van der Waals surface area contributed by atoms with E-state index >= 15 is 0 Å². The molecule has 0 saturated carbocycles. The number of amides is 1. The summed E-state index contributed by atoms with van der Waals surface area (Å²) in [5.74, 6) is 1.10. The second kappa shape index (κ2) is 24.3. The number of piperidine rings is 1. The summed E-state index contributed by atoms with van der Waals surface area (Å²) in [6.45, 7) is 13.2. The van der Waals surface area contributed by atoms with Gasteiger partial charge in [-0.3, -0.25) is 9.59 Å². The van der Waals surface area contributed by atoms with Gasteiger partial charge in [-0.05, 0) is 81.0 Å². The molecule has 2 heterocycles. The number of rotatable bonds is 24. The van der Waals surface area contributed by atoms with Crippen molar-refractivity contribution in [3.63, 3.8) is 0 Å². The summed E-state index contributed by atoms with van der Waals surface area (Å²) in [6.07, 6.45) is 21.2. The first-order valence-electron chi connectivity index (χ1n) is 20.2. The van der Waals surface area contributed by atoms with Crippen LogP contribution in [0.4, 0.5) is 10.1 Å². The number of unbranched alkanes of at least 4 members (excludes halogenated alkanes) is 9. The number of ketones is 1. The van der Waals surface area contributed by atoms with Crippen molar-refractivity contribution < 1.29 is 18.7 Å². The van der Waals surface area contributed by atoms with Crippen molar-refractivity contribution >= 4 is 17.9 Å². The molecule has 1 amide bonds. The Balaban J connectivity index is 0.000000753. The number of hydrogen-bond acceptors (Lipinski definition) is 5. The van der Waals surface area contributed by atoms with Gasteiger partial charge in [0.15, 0.2) is 5.78 Å². The molecule has 2 aliphatic heterocycles. The molecule has 2 aliphatic rings. The Morgan fingerprint density at radius 1 is 0.860 bits per heavy atom. The highest BCUT2D eigenvalue weighted by atomic mass is 19.1. The zero-order valence-electron chi connectivity index (χ0n) is 31.9. The van der Waals surface area contributed by atoms with Crippen molar-refractivity contribution in [1.82, 2.24) is 10.2 Å². The minimum atomic E-state index is -0.320. The van der Waals surface area contributed by atoms with Gasteiger partial charge < -0.3 is 19.9 Å². The molecule has 0 spiro atoms. The second-order valence-electron chi connectivity index (χ2n) is 14.4. The predicted octanol–water partition coefficient (Wildman–Crippen LogP) is 10.5. The van der Waals surface area contributed by atoms with Crippen LogP contribution in [0.2, 0.25) is 0 Å². The molecule has 2 unspecified atom stereocenters. The van der Waals surface area contributed by atoms with Crippen molar-refractivity contribution in [2.24, 2.45) is 0 Å². The molecule has 1 fully saturated rings. The number of benzene rings is 2. The predicted molar refractivity (Wildman–Crippen MR) is 207 cm³/mol. The fraction of sp³-hybridized carbons (Fsp3) is 0.674. The summed E-state index contributed by atoms with van der Waals surface area (Å²) in [6, 6.07) is 12.8. The summed E-state index contributed by atoms with van der Waals surface area (Å²) in [4.78, 5) is 28.7. The fourth-order valence-corrected chi connectivity index (χ4v) is 7.60. The van der Waals surface area contributed by atoms with E-state index in [0.29, 0.717) is 30.5 Å². The molecule has 0 aromatic heterocycles. The molecule has 2 atom stereocenters. The molecule has 280 valence electrons. The van der Waals surface area contributed by atoms with Crippen LogP contribution in [-0.4, -0.2) is 62.0 Å². The molecular formula is C43H68FN3O3. The highest BCUT2D eigenvalue weighted by molar-refractivity contribution is 5.95. The van der Waals surface area contributed by atoms with Crippen LogP contribution in [0.25, 0.3) is 0 Å². The summed E-state index contributed by atoms with van der Waals surface area (Å²) in [5, 5.41) is 2.87. The maximum Gasteiger partial charge on any atom is 0.207 e. The van der Waals surface area contributed by atoms with E-state index in [1.807, 2.05) is 0 Å². The first kappa shape index (κ1) is 41.5. The smallest absolute Gasteiger partial charge is 0.207 e. The number of likely N-dealkylation sites (tertiary alicyclic amines) is 1. The largest absolute Gasteiger partial charge is 0.488 e. The van der Waals surface area contributed by atoms with Gasteiger partial charge in [0.05, 0.1) is 11.8 Å². The molecule has 7 heteroatoms. The van der Waals surface area contributed by atoms with Crippen LogP contribution in [0.5, 0.6) is 5.75 Å². The van der Waals surface area contributed by atoms with Crippen molar-refractivity contribution in [2.75, 3.05) is 37.6 Å². The zero-order valence-corrected chi connectivity index (χ0v) is 31.9. The van der Waals surface area contributed by atoms with E-state index in [0.717, 1.165) is 64.0 Å². The minimum Gasteiger partial charge on any atom is -0.488 e. The van der Waals surface area contributed by atoms with Gasteiger partial charge in [-0.15, -0.1) is 0 Å². The first-order valence-corrected chi connectivity index (χ1v) is 20.2. The van der Waals surface area contributed by atoms with Crippen molar-refractivity contribution in [1.29, 1.82) is 0 Å². The number of carbonyl (C=O) groups excluding carboxylic acids is 2. The minimum absolute atomic E-state index is 0.0687. The first-order chi connectivity index (χ1) is 24.5. The van der Waals surface area contributed by atoms with Gasteiger partial charge in [-0.25, -0.2) is 4.39 Å². The van der Waals surface area contributed by atoms with E-state index < -0.39 is 0 Å². The van der Waals surface area contributed by atoms with Gasteiger partial charge >= 0.3 is 0 Å². The van der Waals surface area contributed by atoms with E-state index in [1.54, 1.807) is 12.1 Å².